The lowest BCUT2D eigenvalue weighted by molar-refractivity contribution is 0.114. The van der Waals surface area contributed by atoms with Gasteiger partial charge >= 0.3 is 0 Å². The maximum absolute atomic E-state index is 13.0. The molecule has 98 valence electrons. The summed E-state index contributed by atoms with van der Waals surface area (Å²) in [5, 5.41) is 6.15. The van der Waals surface area contributed by atoms with Crippen molar-refractivity contribution in [2.45, 2.75) is 18.9 Å². The van der Waals surface area contributed by atoms with Crippen molar-refractivity contribution in [1.29, 1.82) is 0 Å². The molecule has 1 aliphatic heterocycles. The largest absolute Gasteiger partial charge is 0.376 e. The van der Waals surface area contributed by atoms with Gasteiger partial charge in [-0.25, -0.2) is 8.78 Å². The highest BCUT2D eigenvalue weighted by Gasteiger charge is 2.15. The van der Waals surface area contributed by atoms with Crippen LogP contribution in [0.4, 0.5) is 14.5 Å². The van der Waals surface area contributed by atoms with Gasteiger partial charge in [0.2, 0.25) is 0 Å². The minimum absolute atomic E-state index is 0.176. The molecule has 3 nitrogen and oxygen atoms in total. The maximum Gasteiger partial charge on any atom is 0.170 e. The molecule has 1 heterocycles. The van der Waals surface area contributed by atoms with Crippen LogP contribution in [0.5, 0.6) is 0 Å². The van der Waals surface area contributed by atoms with Crippen molar-refractivity contribution in [2.24, 2.45) is 0 Å². The molecule has 0 radical (unpaired) electrons. The van der Waals surface area contributed by atoms with Crippen LogP contribution in [0, 0.1) is 11.6 Å². The van der Waals surface area contributed by atoms with Gasteiger partial charge in [-0.1, -0.05) is 0 Å². The van der Waals surface area contributed by atoms with Gasteiger partial charge in [0.1, 0.15) is 0 Å². The highest BCUT2D eigenvalue weighted by Crippen LogP contribution is 2.13. The Balaban J connectivity index is 1.80. The first kappa shape index (κ1) is 13.2. The topological polar surface area (TPSA) is 33.3 Å². The van der Waals surface area contributed by atoms with Crippen LogP contribution in [0.2, 0.25) is 0 Å². The molecule has 1 aromatic carbocycles. The Morgan fingerprint density at radius 1 is 1.39 bits per heavy atom. The molecule has 0 spiro atoms. The number of hydrogen-bond acceptors (Lipinski definition) is 2. The second-order valence-corrected chi connectivity index (χ2v) is 4.51. The third kappa shape index (κ3) is 3.61. The maximum atomic E-state index is 13.0. The van der Waals surface area contributed by atoms with Crippen LogP contribution >= 0.6 is 12.2 Å². The monoisotopic (exact) mass is 272 g/mol. The summed E-state index contributed by atoms with van der Waals surface area (Å²) < 4.78 is 31.1. The fourth-order valence-corrected chi connectivity index (χ4v) is 1.96. The van der Waals surface area contributed by atoms with Crippen molar-refractivity contribution in [3.8, 4) is 0 Å². The van der Waals surface area contributed by atoms with E-state index in [0.29, 0.717) is 17.3 Å². The van der Waals surface area contributed by atoms with Crippen molar-refractivity contribution >= 4 is 23.0 Å². The van der Waals surface area contributed by atoms with Crippen LogP contribution in [0.3, 0.4) is 0 Å². The van der Waals surface area contributed by atoms with Crippen LogP contribution in [0.25, 0.3) is 0 Å². The molecule has 0 aromatic heterocycles. The van der Waals surface area contributed by atoms with Crippen molar-refractivity contribution in [2.75, 3.05) is 18.5 Å². The Morgan fingerprint density at radius 2 is 2.22 bits per heavy atom. The minimum atomic E-state index is -0.901. The Kier molecular flexibility index (Phi) is 4.43. The molecule has 0 saturated carbocycles. The molecule has 2 N–H and O–H groups in total. The number of benzene rings is 1. The van der Waals surface area contributed by atoms with Crippen molar-refractivity contribution in [3.63, 3.8) is 0 Å². The van der Waals surface area contributed by atoms with E-state index in [2.05, 4.69) is 10.6 Å². The van der Waals surface area contributed by atoms with E-state index in [0.717, 1.165) is 31.6 Å². The molecule has 1 aliphatic rings. The van der Waals surface area contributed by atoms with Gasteiger partial charge in [0.25, 0.3) is 0 Å². The van der Waals surface area contributed by atoms with Gasteiger partial charge < -0.3 is 15.4 Å². The number of anilines is 1. The van der Waals surface area contributed by atoms with Gasteiger partial charge in [0.05, 0.1) is 6.10 Å². The molecule has 2 rings (SSSR count). The summed E-state index contributed by atoms with van der Waals surface area (Å²) in [5.74, 6) is -1.78. The third-order valence-electron chi connectivity index (χ3n) is 2.69. The Morgan fingerprint density at radius 3 is 2.89 bits per heavy atom. The van der Waals surface area contributed by atoms with Gasteiger partial charge in [-0.2, -0.15) is 0 Å². The van der Waals surface area contributed by atoms with Gasteiger partial charge in [-0.15, -0.1) is 0 Å². The average Bonchev–Trinajstić information content (AvgIpc) is 2.84. The number of rotatable bonds is 3. The Bertz CT molecular complexity index is 436. The van der Waals surface area contributed by atoms with Crippen molar-refractivity contribution < 1.29 is 13.5 Å². The normalized spacial score (nSPS) is 18.7. The van der Waals surface area contributed by atoms with E-state index in [1.807, 2.05) is 0 Å². The molecule has 1 fully saturated rings. The summed E-state index contributed by atoms with van der Waals surface area (Å²) in [7, 11) is 0. The number of ether oxygens (including phenoxy) is 1. The number of thiocarbonyl (C=S) groups is 1. The van der Waals surface area contributed by atoms with Gasteiger partial charge in [-0.05, 0) is 37.2 Å². The van der Waals surface area contributed by atoms with Gasteiger partial charge in [0, 0.05) is 24.9 Å². The lowest BCUT2D eigenvalue weighted by atomic mass is 10.2. The van der Waals surface area contributed by atoms with E-state index in [1.54, 1.807) is 0 Å². The SMILES string of the molecule is Fc1ccc(NC(=S)NC[C@@H]2CCCO2)cc1F. The molecular formula is C12H14F2N2OS. The number of halogens is 2. The number of hydrogen-bond donors (Lipinski definition) is 2. The fraction of sp³-hybridized carbons (Fsp3) is 0.417. The molecule has 0 bridgehead atoms. The van der Waals surface area contributed by atoms with E-state index in [1.165, 1.54) is 6.07 Å². The molecule has 1 saturated heterocycles. The van der Waals surface area contributed by atoms with Crippen LogP contribution in [-0.4, -0.2) is 24.4 Å². The van der Waals surface area contributed by atoms with Crippen molar-refractivity contribution in [1.82, 2.24) is 5.32 Å². The predicted octanol–water partition coefficient (Wildman–Crippen LogP) is 2.43. The second kappa shape index (κ2) is 6.06. The Hall–Kier alpha value is -1.27. The van der Waals surface area contributed by atoms with E-state index in [4.69, 9.17) is 17.0 Å². The summed E-state index contributed by atoms with van der Waals surface area (Å²) in [5.41, 5.74) is 0.416. The predicted molar refractivity (Wildman–Crippen MR) is 69.6 cm³/mol. The fourth-order valence-electron chi connectivity index (χ4n) is 1.76. The van der Waals surface area contributed by atoms with E-state index in [9.17, 15) is 8.78 Å². The smallest absolute Gasteiger partial charge is 0.170 e. The van der Waals surface area contributed by atoms with Crippen LogP contribution in [0.1, 0.15) is 12.8 Å². The molecule has 18 heavy (non-hydrogen) atoms. The van der Waals surface area contributed by atoms with Gasteiger partial charge in [0.15, 0.2) is 16.7 Å². The van der Waals surface area contributed by atoms with Crippen LogP contribution < -0.4 is 10.6 Å². The zero-order chi connectivity index (χ0) is 13.0. The molecule has 0 unspecified atom stereocenters. The first-order valence-corrected chi connectivity index (χ1v) is 6.17. The van der Waals surface area contributed by atoms with Gasteiger partial charge in [-0.3, -0.25) is 0 Å². The third-order valence-corrected chi connectivity index (χ3v) is 2.94. The van der Waals surface area contributed by atoms with E-state index < -0.39 is 11.6 Å². The van der Waals surface area contributed by atoms with E-state index >= 15 is 0 Å². The summed E-state index contributed by atoms with van der Waals surface area (Å²) in [6, 6.07) is 3.55. The summed E-state index contributed by atoms with van der Waals surface area (Å²) in [6.07, 6.45) is 2.26. The lowest BCUT2D eigenvalue weighted by Gasteiger charge is -2.14. The molecule has 0 aliphatic carbocycles. The first-order valence-electron chi connectivity index (χ1n) is 5.76. The lowest BCUT2D eigenvalue weighted by Crippen LogP contribution is -2.34. The Labute approximate surface area is 110 Å². The zero-order valence-corrected chi connectivity index (χ0v) is 10.5. The quantitative estimate of drug-likeness (QED) is 0.828. The zero-order valence-electron chi connectivity index (χ0n) is 9.71. The molecule has 1 atom stereocenters. The standard InChI is InChI=1S/C12H14F2N2OS/c13-10-4-3-8(6-11(10)14)16-12(18)15-7-9-2-1-5-17-9/h3-4,6,9H,1-2,5,7H2,(H2,15,16,18)/t9-/m0/s1. The average molecular weight is 272 g/mol. The van der Waals surface area contributed by atoms with E-state index in [-0.39, 0.29) is 6.10 Å². The first-order chi connectivity index (χ1) is 8.65. The molecule has 1 aromatic rings. The molecule has 0 amide bonds. The summed E-state index contributed by atoms with van der Waals surface area (Å²) >= 11 is 5.05. The van der Waals surface area contributed by atoms with Crippen LogP contribution in [-0.2, 0) is 4.74 Å². The highest BCUT2D eigenvalue weighted by molar-refractivity contribution is 7.80. The second-order valence-electron chi connectivity index (χ2n) is 4.10. The van der Waals surface area contributed by atoms with Crippen molar-refractivity contribution in [3.05, 3.63) is 29.8 Å². The summed E-state index contributed by atoms with van der Waals surface area (Å²) in [4.78, 5) is 0. The summed E-state index contributed by atoms with van der Waals surface area (Å²) in [6.45, 7) is 1.41. The molecular weight excluding hydrogens is 258 g/mol. The molecule has 6 heteroatoms. The highest BCUT2D eigenvalue weighted by atomic mass is 32.1. The minimum Gasteiger partial charge on any atom is -0.376 e. The van der Waals surface area contributed by atoms with Crippen LogP contribution in [0.15, 0.2) is 18.2 Å². The number of nitrogens with one attached hydrogen (secondary N) is 2.